The van der Waals surface area contributed by atoms with E-state index in [0.717, 1.165) is 21.8 Å². The average molecular weight is 360 g/mol. The lowest BCUT2D eigenvalue weighted by Gasteiger charge is -2.11. The van der Waals surface area contributed by atoms with Crippen LogP contribution < -0.4 is 0 Å². The zero-order valence-electron chi connectivity index (χ0n) is 16.0. The smallest absolute Gasteiger partial charge is 0.0970 e. The highest BCUT2D eigenvalue weighted by Crippen LogP contribution is 2.35. The van der Waals surface area contributed by atoms with Crippen molar-refractivity contribution in [3.8, 4) is 22.3 Å². The van der Waals surface area contributed by atoms with Crippen LogP contribution in [-0.2, 0) is 0 Å². The molecule has 2 nitrogen and oxygen atoms in total. The summed E-state index contributed by atoms with van der Waals surface area (Å²) in [7, 11) is 0. The van der Waals surface area contributed by atoms with Crippen molar-refractivity contribution in [2.75, 3.05) is 0 Å². The first-order valence-electron chi connectivity index (χ1n) is 9.51. The van der Waals surface area contributed by atoms with E-state index in [1.54, 1.807) is 0 Å². The number of aromatic nitrogens is 2. The van der Waals surface area contributed by atoms with Crippen molar-refractivity contribution in [2.45, 2.75) is 13.8 Å². The minimum atomic E-state index is 0.949. The van der Waals surface area contributed by atoms with E-state index in [4.69, 9.17) is 9.97 Å². The summed E-state index contributed by atoms with van der Waals surface area (Å²) in [6.07, 6.45) is 3.77. The molecular formula is C26H20N2. The van der Waals surface area contributed by atoms with Crippen molar-refractivity contribution >= 4 is 21.8 Å². The Balaban J connectivity index is 1.77. The van der Waals surface area contributed by atoms with Gasteiger partial charge in [0, 0.05) is 23.2 Å². The normalized spacial score (nSPS) is 11.2. The lowest BCUT2D eigenvalue weighted by atomic mass is 9.96. The molecule has 28 heavy (non-hydrogen) atoms. The van der Waals surface area contributed by atoms with Crippen molar-refractivity contribution < 1.29 is 0 Å². The van der Waals surface area contributed by atoms with Crippen molar-refractivity contribution in [1.82, 2.24) is 9.97 Å². The molecule has 0 amide bonds. The predicted octanol–water partition coefficient (Wildman–Crippen LogP) is 6.73. The number of rotatable bonds is 2. The maximum absolute atomic E-state index is 4.70. The van der Waals surface area contributed by atoms with Gasteiger partial charge >= 0.3 is 0 Å². The van der Waals surface area contributed by atoms with E-state index in [0.29, 0.717) is 0 Å². The van der Waals surface area contributed by atoms with Gasteiger partial charge in [0.15, 0.2) is 0 Å². The van der Waals surface area contributed by atoms with Gasteiger partial charge in [0.2, 0.25) is 0 Å². The molecule has 2 heterocycles. The van der Waals surface area contributed by atoms with Gasteiger partial charge in [-0.2, -0.15) is 0 Å². The van der Waals surface area contributed by atoms with Gasteiger partial charge in [-0.15, -0.1) is 0 Å². The molecule has 5 aromatic rings. The Morgan fingerprint density at radius 2 is 0.857 bits per heavy atom. The quantitative estimate of drug-likeness (QED) is 0.326. The molecule has 0 bridgehead atoms. The van der Waals surface area contributed by atoms with Crippen LogP contribution >= 0.6 is 0 Å². The number of hydrogen-bond acceptors (Lipinski definition) is 2. The Labute approximate surface area is 164 Å². The summed E-state index contributed by atoms with van der Waals surface area (Å²) in [5.74, 6) is 0. The standard InChI is InChI=1S/C26H20N2/c1-17-3-7-19(8-4-17)21-13-15-27-25-23(21)11-12-24-22(14-16-28-26(24)25)20-9-5-18(2)6-10-20/h3-16H,1-2H3. The molecule has 0 aliphatic heterocycles. The van der Waals surface area contributed by atoms with E-state index in [9.17, 15) is 0 Å². The molecule has 0 unspecified atom stereocenters. The Morgan fingerprint density at radius 3 is 1.25 bits per heavy atom. The van der Waals surface area contributed by atoms with Gasteiger partial charge in [-0.3, -0.25) is 9.97 Å². The van der Waals surface area contributed by atoms with E-state index in [1.807, 2.05) is 12.4 Å². The van der Waals surface area contributed by atoms with Crippen molar-refractivity contribution in [3.63, 3.8) is 0 Å². The van der Waals surface area contributed by atoms with E-state index in [2.05, 4.69) is 86.6 Å². The molecule has 0 N–H and O–H groups in total. The van der Waals surface area contributed by atoms with E-state index >= 15 is 0 Å². The highest BCUT2D eigenvalue weighted by atomic mass is 14.7. The number of hydrogen-bond donors (Lipinski definition) is 0. The second-order valence-corrected chi connectivity index (χ2v) is 7.31. The number of pyridine rings is 2. The van der Waals surface area contributed by atoms with Crippen molar-refractivity contribution in [2.24, 2.45) is 0 Å². The zero-order chi connectivity index (χ0) is 19.1. The first-order valence-corrected chi connectivity index (χ1v) is 9.51. The number of aryl methyl sites for hydroxylation is 2. The number of benzene rings is 3. The van der Waals surface area contributed by atoms with Crippen LogP contribution in [0.15, 0.2) is 85.2 Å². The SMILES string of the molecule is Cc1ccc(-c2ccnc3c2ccc2c(-c4ccc(C)cc4)ccnc23)cc1. The molecule has 2 heteroatoms. The van der Waals surface area contributed by atoms with Gasteiger partial charge in [-0.25, -0.2) is 0 Å². The zero-order valence-corrected chi connectivity index (χ0v) is 16.0. The average Bonchev–Trinajstić information content (AvgIpc) is 2.74. The summed E-state index contributed by atoms with van der Waals surface area (Å²) < 4.78 is 0. The van der Waals surface area contributed by atoms with Crippen LogP contribution in [0.5, 0.6) is 0 Å². The van der Waals surface area contributed by atoms with Crippen LogP contribution in [0.1, 0.15) is 11.1 Å². The maximum atomic E-state index is 4.70. The molecule has 0 atom stereocenters. The highest BCUT2D eigenvalue weighted by molar-refractivity contribution is 6.11. The number of fused-ring (bicyclic) bond motifs is 3. The Hall–Kier alpha value is -3.52. The lowest BCUT2D eigenvalue weighted by molar-refractivity contribution is 1.37. The van der Waals surface area contributed by atoms with Crippen LogP contribution in [0.2, 0.25) is 0 Å². The first-order chi connectivity index (χ1) is 13.7. The van der Waals surface area contributed by atoms with Crippen LogP contribution in [0.3, 0.4) is 0 Å². The summed E-state index contributed by atoms with van der Waals surface area (Å²) in [6, 6.07) is 25.8. The van der Waals surface area contributed by atoms with Crippen LogP contribution in [0, 0.1) is 13.8 Å². The van der Waals surface area contributed by atoms with Crippen LogP contribution in [0.4, 0.5) is 0 Å². The summed E-state index contributed by atoms with van der Waals surface area (Å²) in [5, 5.41) is 2.26. The lowest BCUT2D eigenvalue weighted by Crippen LogP contribution is -1.90. The van der Waals surface area contributed by atoms with Crippen molar-refractivity contribution in [3.05, 3.63) is 96.3 Å². The topological polar surface area (TPSA) is 25.8 Å². The van der Waals surface area contributed by atoms with Gasteiger partial charge in [0.25, 0.3) is 0 Å². The molecular weight excluding hydrogens is 340 g/mol. The summed E-state index contributed by atoms with van der Waals surface area (Å²) in [5.41, 5.74) is 9.20. The Morgan fingerprint density at radius 1 is 0.464 bits per heavy atom. The molecule has 0 saturated heterocycles. The van der Waals surface area contributed by atoms with E-state index in [1.165, 1.54) is 33.4 Å². The summed E-state index contributed by atoms with van der Waals surface area (Å²) in [6.45, 7) is 4.22. The van der Waals surface area contributed by atoms with Gasteiger partial charge in [0.05, 0.1) is 11.0 Å². The van der Waals surface area contributed by atoms with E-state index < -0.39 is 0 Å². The molecule has 3 aromatic carbocycles. The predicted molar refractivity (Wildman–Crippen MR) is 117 cm³/mol. The number of nitrogens with zero attached hydrogens (tertiary/aromatic N) is 2. The second kappa shape index (κ2) is 6.58. The first kappa shape index (κ1) is 16.6. The summed E-state index contributed by atoms with van der Waals surface area (Å²) in [4.78, 5) is 9.40. The van der Waals surface area contributed by atoms with Gasteiger partial charge < -0.3 is 0 Å². The molecule has 5 rings (SSSR count). The summed E-state index contributed by atoms with van der Waals surface area (Å²) >= 11 is 0. The molecule has 0 fully saturated rings. The third-order valence-corrected chi connectivity index (χ3v) is 5.35. The Kier molecular flexibility index (Phi) is 3.91. The fourth-order valence-corrected chi connectivity index (χ4v) is 3.80. The fraction of sp³-hybridized carbons (Fsp3) is 0.0769. The third-order valence-electron chi connectivity index (χ3n) is 5.35. The van der Waals surface area contributed by atoms with Crippen LogP contribution in [0.25, 0.3) is 44.1 Å². The molecule has 0 aliphatic rings. The fourth-order valence-electron chi connectivity index (χ4n) is 3.80. The molecule has 2 aromatic heterocycles. The molecule has 0 saturated carbocycles. The maximum Gasteiger partial charge on any atom is 0.0970 e. The van der Waals surface area contributed by atoms with Gasteiger partial charge in [-0.05, 0) is 48.2 Å². The molecule has 0 aliphatic carbocycles. The largest absolute Gasteiger partial charge is 0.254 e. The van der Waals surface area contributed by atoms with E-state index in [-0.39, 0.29) is 0 Å². The Bertz CT molecular complexity index is 1200. The molecule has 134 valence electrons. The minimum absolute atomic E-state index is 0.949. The van der Waals surface area contributed by atoms with Gasteiger partial charge in [-0.1, -0.05) is 71.8 Å². The minimum Gasteiger partial charge on any atom is -0.254 e. The van der Waals surface area contributed by atoms with Crippen LogP contribution in [-0.4, -0.2) is 9.97 Å². The third kappa shape index (κ3) is 2.74. The van der Waals surface area contributed by atoms with Crippen molar-refractivity contribution in [1.29, 1.82) is 0 Å². The second-order valence-electron chi connectivity index (χ2n) is 7.31. The monoisotopic (exact) mass is 360 g/mol. The molecule has 0 radical (unpaired) electrons. The highest BCUT2D eigenvalue weighted by Gasteiger charge is 2.11. The molecule has 0 spiro atoms. The van der Waals surface area contributed by atoms with Gasteiger partial charge in [0.1, 0.15) is 0 Å².